The third-order valence-electron chi connectivity index (χ3n) is 7.93. The van der Waals surface area contributed by atoms with Gasteiger partial charge in [-0.25, -0.2) is 9.78 Å². The Morgan fingerprint density at radius 1 is 0.955 bits per heavy atom. The third kappa shape index (κ3) is 5.88. The molecule has 0 radical (unpaired) electrons. The number of hydrogen-bond donors (Lipinski definition) is 1. The predicted octanol–water partition coefficient (Wildman–Crippen LogP) is 5.92. The monoisotopic (exact) mass is 593 g/mol. The van der Waals surface area contributed by atoms with Gasteiger partial charge in [0.05, 0.1) is 31.2 Å². The minimum absolute atomic E-state index is 0.0100. The van der Waals surface area contributed by atoms with Crippen LogP contribution in [0.5, 0.6) is 5.75 Å². The maximum Gasteiger partial charge on any atom is 0.409 e. The number of amides is 1. The molecule has 6 rings (SSSR count). The molecule has 1 aliphatic rings. The number of esters is 1. The van der Waals surface area contributed by atoms with Gasteiger partial charge in [0.2, 0.25) is 0 Å². The molecule has 1 fully saturated rings. The number of nitrogen functional groups attached to an aromatic ring is 1. The summed E-state index contributed by atoms with van der Waals surface area (Å²) < 4.78 is 18.7. The molecule has 3 heterocycles. The van der Waals surface area contributed by atoms with Gasteiger partial charge in [-0.3, -0.25) is 9.48 Å². The Morgan fingerprint density at radius 3 is 2.55 bits per heavy atom. The zero-order valence-electron chi connectivity index (χ0n) is 24.9. The third-order valence-corrected chi connectivity index (χ3v) is 7.93. The molecule has 5 aromatic rings. The van der Waals surface area contributed by atoms with Crippen molar-refractivity contribution in [2.75, 3.05) is 32.0 Å². The van der Waals surface area contributed by atoms with Crippen LogP contribution in [0.2, 0.25) is 0 Å². The largest absolute Gasteiger partial charge is 0.487 e. The normalized spacial score (nSPS) is 14.7. The SMILES string of the molecule is CCOC(=O)Cc1ccccc1OCc1nn([C@H]2CCN(C(=O)OCC)C2)c2ccc(-c3ccc4ccnc(N)c4c3)cc12. The lowest BCUT2D eigenvalue weighted by atomic mass is 10.00. The second-order valence-electron chi connectivity index (χ2n) is 10.7. The Morgan fingerprint density at radius 2 is 1.73 bits per heavy atom. The highest BCUT2D eigenvalue weighted by Crippen LogP contribution is 2.34. The second-order valence-corrected chi connectivity index (χ2v) is 10.7. The van der Waals surface area contributed by atoms with Crippen molar-refractivity contribution in [3.05, 3.63) is 84.2 Å². The van der Waals surface area contributed by atoms with Crippen molar-refractivity contribution in [1.82, 2.24) is 19.7 Å². The van der Waals surface area contributed by atoms with E-state index in [-0.39, 0.29) is 31.1 Å². The van der Waals surface area contributed by atoms with E-state index < -0.39 is 0 Å². The van der Waals surface area contributed by atoms with Gasteiger partial charge in [0.25, 0.3) is 0 Å². The number of carbonyl (C=O) groups is 2. The van der Waals surface area contributed by atoms with Crippen molar-refractivity contribution in [2.45, 2.75) is 39.3 Å². The first-order valence-corrected chi connectivity index (χ1v) is 14.9. The number of aromatic nitrogens is 3. The summed E-state index contributed by atoms with van der Waals surface area (Å²) in [5, 5.41) is 7.90. The molecule has 1 aliphatic heterocycles. The Hall–Kier alpha value is -5.12. The molecule has 0 unspecified atom stereocenters. The van der Waals surface area contributed by atoms with E-state index in [4.69, 9.17) is 25.0 Å². The van der Waals surface area contributed by atoms with E-state index >= 15 is 0 Å². The van der Waals surface area contributed by atoms with E-state index in [1.165, 1.54) is 0 Å². The fraction of sp³-hybridized carbons (Fsp3) is 0.294. The average Bonchev–Trinajstić information content (AvgIpc) is 3.66. The van der Waals surface area contributed by atoms with Gasteiger partial charge in [-0.2, -0.15) is 5.10 Å². The van der Waals surface area contributed by atoms with Crippen molar-refractivity contribution in [3.8, 4) is 16.9 Å². The fourth-order valence-electron chi connectivity index (χ4n) is 5.77. The molecule has 0 spiro atoms. The van der Waals surface area contributed by atoms with Crippen molar-refractivity contribution in [2.24, 2.45) is 0 Å². The summed E-state index contributed by atoms with van der Waals surface area (Å²) in [6.07, 6.45) is 2.29. The highest BCUT2D eigenvalue weighted by molar-refractivity contribution is 5.95. The van der Waals surface area contributed by atoms with E-state index in [1.807, 2.05) is 48.0 Å². The van der Waals surface area contributed by atoms with Gasteiger partial charge in [0, 0.05) is 35.6 Å². The van der Waals surface area contributed by atoms with Crippen LogP contribution in [0.3, 0.4) is 0 Å². The van der Waals surface area contributed by atoms with E-state index in [9.17, 15) is 9.59 Å². The molecule has 2 aromatic heterocycles. The number of carbonyl (C=O) groups excluding carboxylic acids is 2. The summed E-state index contributed by atoms with van der Waals surface area (Å²) in [5.74, 6) is 0.786. The minimum Gasteiger partial charge on any atom is -0.487 e. The molecule has 0 saturated carbocycles. The smallest absolute Gasteiger partial charge is 0.409 e. The van der Waals surface area contributed by atoms with Crippen molar-refractivity contribution in [1.29, 1.82) is 0 Å². The highest BCUT2D eigenvalue weighted by Gasteiger charge is 2.30. The first kappa shape index (κ1) is 29.0. The van der Waals surface area contributed by atoms with Crippen LogP contribution in [0, 0.1) is 0 Å². The number of likely N-dealkylation sites (tertiary alicyclic amines) is 1. The molecule has 2 N–H and O–H groups in total. The molecule has 226 valence electrons. The molecule has 10 heteroatoms. The maximum atomic E-state index is 12.4. The van der Waals surface area contributed by atoms with Crippen molar-refractivity contribution >= 4 is 39.6 Å². The number of rotatable bonds is 9. The minimum atomic E-state index is -0.305. The second kappa shape index (κ2) is 12.6. The summed E-state index contributed by atoms with van der Waals surface area (Å²) in [4.78, 5) is 30.6. The zero-order valence-corrected chi connectivity index (χ0v) is 24.9. The van der Waals surface area contributed by atoms with Crippen LogP contribution in [-0.2, 0) is 27.3 Å². The van der Waals surface area contributed by atoms with Crippen LogP contribution in [0.15, 0.2) is 72.9 Å². The molecular formula is C34H35N5O5. The average molecular weight is 594 g/mol. The molecular weight excluding hydrogens is 558 g/mol. The van der Waals surface area contributed by atoms with Gasteiger partial charge in [-0.05, 0) is 67.1 Å². The highest BCUT2D eigenvalue weighted by atomic mass is 16.6. The van der Waals surface area contributed by atoms with Crippen LogP contribution in [0.1, 0.15) is 37.6 Å². The number of pyridine rings is 1. The summed E-state index contributed by atoms with van der Waals surface area (Å²) in [7, 11) is 0. The van der Waals surface area contributed by atoms with Crippen LogP contribution in [0.25, 0.3) is 32.8 Å². The molecule has 1 atom stereocenters. The van der Waals surface area contributed by atoms with Gasteiger partial charge in [-0.15, -0.1) is 0 Å². The van der Waals surface area contributed by atoms with E-state index in [1.54, 1.807) is 18.0 Å². The maximum absolute atomic E-state index is 12.4. The Balaban J connectivity index is 1.36. The van der Waals surface area contributed by atoms with E-state index in [0.717, 1.165) is 50.5 Å². The standard InChI is InChI=1S/C34H35N5O5/c1-3-42-32(40)19-25-7-5-6-8-31(25)44-21-29-28-18-24(23-10-9-22-13-15-36-33(35)27(22)17-23)11-12-30(28)39(37-29)26-14-16-38(20-26)34(41)43-4-2/h5-13,15,17-18,26H,3-4,14,16,19-21H2,1-2H3,(H2,35,36)/t26-/m0/s1. The number of nitrogens with two attached hydrogens (primary N) is 1. The number of fused-ring (bicyclic) bond motifs is 2. The predicted molar refractivity (Wildman–Crippen MR) is 168 cm³/mol. The van der Waals surface area contributed by atoms with Crippen molar-refractivity contribution in [3.63, 3.8) is 0 Å². The van der Waals surface area contributed by atoms with Crippen molar-refractivity contribution < 1.29 is 23.8 Å². The Labute approximate surface area is 255 Å². The van der Waals surface area contributed by atoms with Crippen LogP contribution < -0.4 is 10.5 Å². The van der Waals surface area contributed by atoms with E-state index in [0.29, 0.717) is 37.9 Å². The molecule has 1 amide bonds. The van der Waals surface area contributed by atoms with Gasteiger partial charge in [-0.1, -0.05) is 36.4 Å². The van der Waals surface area contributed by atoms with Crippen LogP contribution in [-0.4, -0.2) is 58.0 Å². The number of ether oxygens (including phenoxy) is 3. The first-order valence-electron chi connectivity index (χ1n) is 14.9. The van der Waals surface area contributed by atoms with Gasteiger partial charge < -0.3 is 24.8 Å². The lowest BCUT2D eigenvalue weighted by Gasteiger charge is -2.16. The Kier molecular flexibility index (Phi) is 8.31. The number of nitrogens with zero attached hydrogens (tertiary/aromatic N) is 4. The van der Waals surface area contributed by atoms with Crippen LogP contribution >= 0.6 is 0 Å². The molecule has 1 saturated heterocycles. The van der Waals surface area contributed by atoms with Gasteiger partial charge >= 0.3 is 12.1 Å². The lowest BCUT2D eigenvalue weighted by Crippen LogP contribution is -2.29. The number of anilines is 1. The summed E-state index contributed by atoms with van der Waals surface area (Å²) in [5.41, 5.74) is 10.7. The number of hydrogen-bond acceptors (Lipinski definition) is 8. The molecule has 10 nitrogen and oxygen atoms in total. The summed E-state index contributed by atoms with van der Waals surface area (Å²) in [6.45, 7) is 5.55. The summed E-state index contributed by atoms with van der Waals surface area (Å²) >= 11 is 0. The van der Waals surface area contributed by atoms with Gasteiger partial charge in [0.1, 0.15) is 23.9 Å². The Bertz CT molecular complexity index is 1830. The summed E-state index contributed by atoms with van der Waals surface area (Å²) in [6, 6.07) is 21.8. The van der Waals surface area contributed by atoms with Crippen LogP contribution in [0.4, 0.5) is 10.6 Å². The van der Waals surface area contributed by atoms with E-state index in [2.05, 4.69) is 35.3 Å². The molecule has 3 aromatic carbocycles. The number of benzene rings is 3. The fourth-order valence-corrected chi connectivity index (χ4v) is 5.77. The van der Waals surface area contributed by atoms with Gasteiger partial charge in [0.15, 0.2) is 0 Å². The number of para-hydroxylation sites is 1. The molecule has 0 bridgehead atoms. The topological polar surface area (TPSA) is 122 Å². The zero-order chi connectivity index (χ0) is 30.6. The molecule has 0 aliphatic carbocycles. The molecule has 44 heavy (non-hydrogen) atoms. The first-order chi connectivity index (χ1) is 21.4. The quantitative estimate of drug-likeness (QED) is 0.209. The lowest BCUT2D eigenvalue weighted by molar-refractivity contribution is -0.142.